The van der Waals surface area contributed by atoms with Crippen molar-refractivity contribution in [2.75, 3.05) is 13.2 Å². The van der Waals surface area contributed by atoms with Crippen molar-refractivity contribution >= 4 is 17.9 Å². The first-order chi connectivity index (χ1) is 22.9. The molecule has 1 aliphatic heterocycles. The molecule has 7 nitrogen and oxygen atoms in total. The Bertz CT molecular complexity index is 1950. The third-order valence-corrected chi connectivity index (χ3v) is 8.58. The Morgan fingerprint density at radius 2 is 1.57 bits per heavy atom. The van der Waals surface area contributed by atoms with Gasteiger partial charge in [0.2, 0.25) is 0 Å². The number of nitriles is 1. The largest absolute Gasteiger partial charge is 0.488 e. The van der Waals surface area contributed by atoms with Gasteiger partial charge in [0.05, 0.1) is 29.4 Å². The molecule has 1 aliphatic rings. The third-order valence-electron chi connectivity index (χ3n) is 8.28. The number of rotatable bonds is 10. The van der Waals surface area contributed by atoms with Crippen LogP contribution >= 0.6 is 11.6 Å². The molecule has 8 heteroatoms. The summed E-state index contributed by atoms with van der Waals surface area (Å²) in [6, 6.07) is 27.9. The lowest BCUT2D eigenvalue weighted by Crippen LogP contribution is -2.17. The van der Waals surface area contributed by atoms with E-state index in [0.29, 0.717) is 52.7 Å². The van der Waals surface area contributed by atoms with Crippen molar-refractivity contribution in [3.63, 3.8) is 0 Å². The monoisotopic (exact) mass is 644 g/mol. The van der Waals surface area contributed by atoms with E-state index in [9.17, 15) is 4.79 Å². The molecule has 0 aliphatic carbocycles. The van der Waals surface area contributed by atoms with Crippen LogP contribution in [0.2, 0.25) is 5.02 Å². The molecule has 0 radical (unpaired) electrons. The summed E-state index contributed by atoms with van der Waals surface area (Å²) < 4.78 is 23.7. The number of carbonyl (C=O) groups is 1. The second-order valence-corrected chi connectivity index (χ2v) is 11.7. The lowest BCUT2D eigenvalue weighted by Gasteiger charge is -2.23. The zero-order valence-electron chi connectivity index (χ0n) is 26.2. The summed E-state index contributed by atoms with van der Waals surface area (Å²) in [5, 5.41) is 9.46. The second kappa shape index (κ2) is 14.6. The highest BCUT2D eigenvalue weighted by atomic mass is 35.5. The summed E-state index contributed by atoms with van der Waals surface area (Å²) in [5.74, 6) is 0.720. The summed E-state index contributed by atoms with van der Waals surface area (Å²) >= 11 is 6.52. The first kappa shape index (κ1) is 32.0. The zero-order valence-corrected chi connectivity index (χ0v) is 26.9. The van der Waals surface area contributed by atoms with Crippen LogP contribution in [0.3, 0.4) is 0 Å². The smallest absolute Gasteiger partial charge is 0.183 e. The molecule has 5 aromatic rings. The molecule has 0 bridgehead atoms. The zero-order chi connectivity index (χ0) is 32.8. The molecule has 1 aromatic heterocycles. The molecule has 47 heavy (non-hydrogen) atoms. The SMILES string of the molecule is Cc1c(COc2cc(OCc3cncc(C#N)c3)c(C=O)cc2Cl)cccc1-c1cccc(-c2ccc(C3OCCCO3)cc2)c1C. The minimum Gasteiger partial charge on any atom is -0.488 e. The van der Waals surface area contributed by atoms with E-state index in [1.807, 2.05) is 12.1 Å². The fraction of sp³-hybridized carbons (Fsp3) is 0.205. The Hall–Kier alpha value is -5.00. The van der Waals surface area contributed by atoms with Crippen LogP contribution in [-0.2, 0) is 22.7 Å². The summed E-state index contributed by atoms with van der Waals surface area (Å²) in [6.07, 6.45) is 4.39. The van der Waals surface area contributed by atoms with Crippen LogP contribution in [0.1, 0.15) is 56.4 Å². The topological polar surface area (TPSA) is 90.7 Å². The molecule has 0 saturated carbocycles. The number of pyridine rings is 1. The molecule has 2 heterocycles. The maximum absolute atomic E-state index is 11.8. The van der Waals surface area contributed by atoms with Crippen molar-refractivity contribution in [2.45, 2.75) is 39.8 Å². The number of benzene rings is 4. The van der Waals surface area contributed by atoms with Crippen LogP contribution in [0.4, 0.5) is 0 Å². The first-order valence-corrected chi connectivity index (χ1v) is 15.7. The molecule has 0 atom stereocenters. The summed E-state index contributed by atoms with van der Waals surface area (Å²) in [6.45, 7) is 6.05. The Labute approximate surface area is 279 Å². The number of ether oxygens (including phenoxy) is 4. The van der Waals surface area contributed by atoms with Gasteiger partial charge in [0, 0.05) is 29.6 Å². The van der Waals surface area contributed by atoms with E-state index in [-0.39, 0.29) is 19.5 Å². The van der Waals surface area contributed by atoms with E-state index >= 15 is 0 Å². The number of aldehydes is 1. The molecule has 1 fully saturated rings. The van der Waals surface area contributed by atoms with Gasteiger partial charge in [-0.05, 0) is 71.3 Å². The van der Waals surface area contributed by atoms with Gasteiger partial charge < -0.3 is 18.9 Å². The average Bonchev–Trinajstić information content (AvgIpc) is 3.11. The quantitative estimate of drug-likeness (QED) is 0.140. The van der Waals surface area contributed by atoms with E-state index in [0.717, 1.165) is 45.4 Å². The molecular formula is C39H33ClN2O5. The predicted octanol–water partition coefficient (Wildman–Crippen LogP) is 8.96. The maximum Gasteiger partial charge on any atom is 0.183 e. The van der Waals surface area contributed by atoms with Crippen LogP contribution in [0, 0.1) is 25.2 Å². The standard InChI is InChI=1S/C39H33ClN2O5/c1-25-31(24-47-38-18-37(32(22-43)17-36(38)40)46-23-28-16-27(19-41)20-42-21-28)6-3-8-34(25)35-9-4-7-33(26(35)2)29-10-12-30(13-11-29)39-44-14-5-15-45-39/h3-4,6-13,16-18,20-22,39H,5,14-15,23-24H2,1-2H3. The van der Waals surface area contributed by atoms with Gasteiger partial charge in [0.1, 0.15) is 30.8 Å². The number of carbonyl (C=O) groups excluding carboxylic acids is 1. The number of hydrogen-bond acceptors (Lipinski definition) is 7. The molecule has 4 aromatic carbocycles. The Balaban J connectivity index is 1.21. The van der Waals surface area contributed by atoms with Crippen molar-refractivity contribution in [1.82, 2.24) is 4.98 Å². The summed E-state index contributed by atoms with van der Waals surface area (Å²) in [7, 11) is 0. The second-order valence-electron chi connectivity index (χ2n) is 11.3. The van der Waals surface area contributed by atoms with Crippen LogP contribution < -0.4 is 9.47 Å². The van der Waals surface area contributed by atoms with Gasteiger partial charge in [-0.25, -0.2) is 0 Å². The summed E-state index contributed by atoms with van der Waals surface area (Å²) in [5.41, 5.74) is 10.3. The Morgan fingerprint density at radius 1 is 0.872 bits per heavy atom. The van der Waals surface area contributed by atoms with E-state index in [1.165, 1.54) is 17.8 Å². The fourth-order valence-electron chi connectivity index (χ4n) is 5.69. The minimum absolute atomic E-state index is 0.123. The third kappa shape index (κ3) is 7.21. The van der Waals surface area contributed by atoms with Crippen LogP contribution in [0.15, 0.2) is 91.3 Å². The normalized spacial score (nSPS) is 13.1. The highest BCUT2D eigenvalue weighted by molar-refractivity contribution is 6.32. The van der Waals surface area contributed by atoms with E-state index in [2.05, 4.69) is 73.4 Å². The van der Waals surface area contributed by atoms with Crippen molar-refractivity contribution in [2.24, 2.45) is 0 Å². The first-order valence-electron chi connectivity index (χ1n) is 15.4. The number of hydrogen-bond donors (Lipinski definition) is 0. The molecule has 0 amide bonds. The van der Waals surface area contributed by atoms with Gasteiger partial charge in [-0.2, -0.15) is 5.26 Å². The van der Waals surface area contributed by atoms with Crippen LogP contribution in [-0.4, -0.2) is 24.5 Å². The van der Waals surface area contributed by atoms with E-state index in [1.54, 1.807) is 18.3 Å². The predicted molar refractivity (Wildman–Crippen MR) is 181 cm³/mol. The van der Waals surface area contributed by atoms with Crippen LogP contribution in [0.25, 0.3) is 22.3 Å². The van der Waals surface area contributed by atoms with Crippen molar-refractivity contribution in [3.8, 4) is 39.8 Å². The summed E-state index contributed by atoms with van der Waals surface area (Å²) in [4.78, 5) is 15.8. The molecule has 236 valence electrons. The lowest BCUT2D eigenvalue weighted by molar-refractivity contribution is -0.183. The van der Waals surface area contributed by atoms with Gasteiger partial charge in [-0.3, -0.25) is 9.78 Å². The number of nitrogens with zero attached hydrogens (tertiary/aromatic N) is 2. The molecule has 0 N–H and O–H groups in total. The molecule has 6 rings (SSSR count). The van der Waals surface area contributed by atoms with Gasteiger partial charge in [0.15, 0.2) is 12.6 Å². The van der Waals surface area contributed by atoms with Gasteiger partial charge >= 0.3 is 0 Å². The number of halogens is 1. The van der Waals surface area contributed by atoms with Gasteiger partial charge in [-0.1, -0.05) is 72.3 Å². The number of aromatic nitrogens is 1. The highest BCUT2D eigenvalue weighted by Crippen LogP contribution is 2.37. The van der Waals surface area contributed by atoms with E-state index < -0.39 is 0 Å². The maximum atomic E-state index is 11.8. The van der Waals surface area contributed by atoms with Gasteiger partial charge in [0.25, 0.3) is 0 Å². The average molecular weight is 645 g/mol. The minimum atomic E-state index is -0.305. The lowest BCUT2D eigenvalue weighted by atomic mass is 9.89. The highest BCUT2D eigenvalue weighted by Gasteiger charge is 2.18. The molecule has 1 saturated heterocycles. The Kier molecular flexibility index (Phi) is 9.94. The van der Waals surface area contributed by atoms with Crippen LogP contribution in [0.5, 0.6) is 11.5 Å². The molecule has 0 spiro atoms. The molecular weight excluding hydrogens is 612 g/mol. The Morgan fingerprint density at radius 3 is 2.32 bits per heavy atom. The van der Waals surface area contributed by atoms with Gasteiger partial charge in [-0.15, -0.1) is 0 Å². The fourth-order valence-corrected chi connectivity index (χ4v) is 5.92. The molecule has 0 unspecified atom stereocenters. The van der Waals surface area contributed by atoms with Crippen molar-refractivity contribution < 1.29 is 23.7 Å². The van der Waals surface area contributed by atoms with Crippen molar-refractivity contribution in [1.29, 1.82) is 5.26 Å². The van der Waals surface area contributed by atoms with Crippen molar-refractivity contribution in [3.05, 3.63) is 135 Å². The van der Waals surface area contributed by atoms with E-state index in [4.69, 9.17) is 35.8 Å².